The summed E-state index contributed by atoms with van der Waals surface area (Å²) in [5.41, 5.74) is 2.35. The van der Waals surface area contributed by atoms with Gasteiger partial charge in [-0.15, -0.1) is 0 Å². The topological polar surface area (TPSA) is 139 Å². The highest BCUT2D eigenvalue weighted by molar-refractivity contribution is 7.92. The number of nitro groups is 1. The molecule has 1 N–H and O–H groups in total. The van der Waals surface area contributed by atoms with Gasteiger partial charge >= 0.3 is 0 Å². The number of nitro benzene ring substituents is 1. The summed E-state index contributed by atoms with van der Waals surface area (Å²) in [5.74, 6) is -0.905. The van der Waals surface area contributed by atoms with Crippen LogP contribution in [0.3, 0.4) is 0 Å². The van der Waals surface area contributed by atoms with Crippen molar-refractivity contribution in [1.82, 2.24) is 10.2 Å². The number of aryl methyl sites for hydroxylation is 2. The highest BCUT2D eigenvalue weighted by Gasteiger charge is 2.37. The maximum Gasteiger partial charge on any atom is 0.273 e. The molecular weight excluding hydrogens is 704 g/mol. The lowest BCUT2D eigenvalue weighted by molar-refractivity contribution is -0.385. The minimum absolute atomic E-state index is 0.00662. The number of hydrogen-bond donors (Lipinski definition) is 1. The lowest BCUT2D eigenvalue weighted by Crippen LogP contribution is -2.55. The number of carbonyl (C=O) groups is 2. The van der Waals surface area contributed by atoms with Crippen molar-refractivity contribution in [1.29, 1.82) is 0 Å². The molecule has 1 aliphatic carbocycles. The molecule has 0 radical (unpaired) electrons. The second-order valence-electron chi connectivity index (χ2n) is 13.1. The Balaban J connectivity index is 1.63. The van der Waals surface area contributed by atoms with Crippen LogP contribution < -0.4 is 14.4 Å². The van der Waals surface area contributed by atoms with E-state index in [0.717, 1.165) is 59.2 Å². The number of nitrogens with one attached hydrogen (secondary N) is 1. The third-order valence-corrected chi connectivity index (χ3v) is 11.3. The Kier molecular flexibility index (Phi) is 12.6. The smallest absolute Gasteiger partial charge is 0.273 e. The number of methoxy groups -OCH3 is 1. The molecule has 1 aliphatic rings. The summed E-state index contributed by atoms with van der Waals surface area (Å²) >= 11 is 6.38. The molecule has 0 bridgehead atoms. The molecule has 5 rings (SSSR count). The summed E-state index contributed by atoms with van der Waals surface area (Å²) in [6.07, 6.45) is 4.92. The third kappa shape index (κ3) is 9.29. The molecule has 52 heavy (non-hydrogen) atoms. The number of benzene rings is 4. The largest absolute Gasteiger partial charge is 0.495 e. The van der Waals surface area contributed by atoms with E-state index in [0.29, 0.717) is 0 Å². The maximum absolute atomic E-state index is 14.9. The maximum atomic E-state index is 14.9. The molecule has 4 aromatic rings. The van der Waals surface area contributed by atoms with Gasteiger partial charge in [-0.05, 0) is 62.1 Å². The Morgan fingerprint density at radius 2 is 1.65 bits per heavy atom. The lowest BCUT2D eigenvalue weighted by Gasteiger charge is -2.35. The Labute approximate surface area is 309 Å². The monoisotopic (exact) mass is 746 g/mol. The third-order valence-electron chi connectivity index (χ3n) is 9.31. The van der Waals surface area contributed by atoms with Crippen molar-refractivity contribution in [2.75, 3.05) is 18.0 Å². The first-order valence-corrected chi connectivity index (χ1v) is 19.0. The fraction of sp³-hybridized carbons (Fsp3) is 0.333. The Morgan fingerprint density at radius 3 is 2.33 bits per heavy atom. The van der Waals surface area contributed by atoms with Crippen LogP contribution >= 0.6 is 11.6 Å². The van der Waals surface area contributed by atoms with Crippen molar-refractivity contribution >= 4 is 44.8 Å². The zero-order valence-corrected chi connectivity index (χ0v) is 31.0. The van der Waals surface area contributed by atoms with E-state index in [4.69, 9.17) is 16.3 Å². The molecule has 0 aliphatic heterocycles. The van der Waals surface area contributed by atoms with Crippen LogP contribution in [0.1, 0.15) is 54.4 Å². The van der Waals surface area contributed by atoms with Crippen LogP contribution in [0.2, 0.25) is 5.02 Å². The summed E-state index contributed by atoms with van der Waals surface area (Å²) in [6, 6.07) is 23.8. The number of amides is 2. The highest BCUT2D eigenvalue weighted by Crippen LogP contribution is 2.36. The van der Waals surface area contributed by atoms with Gasteiger partial charge in [0, 0.05) is 35.7 Å². The number of hydrogen-bond acceptors (Lipinski definition) is 7. The van der Waals surface area contributed by atoms with Crippen molar-refractivity contribution in [3.05, 3.63) is 128 Å². The van der Waals surface area contributed by atoms with Crippen LogP contribution in [-0.4, -0.2) is 55.8 Å². The molecule has 0 heterocycles. The number of nitrogens with zero attached hydrogens (tertiary/aromatic N) is 3. The van der Waals surface area contributed by atoms with E-state index in [9.17, 15) is 28.1 Å². The number of anilines is 1. The summed E-state index contributed by atoms with van der Waals surface area (Å²) < 4.78 is 35.5. The number of rotatable bonds is 14. The molecule has 2 amide bonds. The van der Waals surface area contributed by atoms with E-state index < -0.39 is 44.0 Å². The van der Waals surface area contributed by atoms with Crippen LogP contribution in [0.5, 0.6) is 5.75 Å². The predicted octanol–water partition coefficient (Wildman–Crippen LogP) is 7.16. The Hall–Kier alpha value is -4.94. The van der Waals surface area contributed by atoms with Gasteiger partial charge in [0.05, 0.1) is 22.6 Å². The summed E-state index contributed by atoms with van der Waals surface area (Å²) in [6.45, 7) is 2.67. The summed E-state index contributed by atoms with van der Waals surface area (Å²) in [5, 5.41) is 15.2. The first-order valence-electron chi connectivity index (χ1n) is 17.2. The Bertz CT molecular complexity index is 2020. The molecule has 0 spiro atoms. The van der Waals surface area contributed by atoms with E-state index >= 15 is 0 Å². The second kappa shape index (κ2) is 17.1. The first kappa shape index (κ1) is 38.3. The molecule has 13 heteroatoms. The van der Waals surface area contributed by atoms with Gasteiger partial charge in [-0.1, -0.05) is 97.1 Å². The molecule has 0 saturated heterocycles. The standard InChI is InChI=1S/C39H43ClN4O7S/c1-27-11-10-14-30(21-27)25-42(36(22-29-12-6-4-7-13-29)39(46)41-32-15-8-5-9-16-32)38(45)26-43(35-23-31(40)18-20-37(35)51-3)52(49,50)33-19-17-28(2)34(24-33)44(47)48/h4,6-7,10-14,17-21,23-24,32,36H,5,8-9,15-16,22,25-26H2,1-3H3,(H,41,46). The highest BCUT2D eigenvalue weighted by atomic mass is 35.5. The fourth-order valence-corrected chi connectivity index (χ4v) is 8.15. The minimum Gasteiger partial charge on any atom is -0.495 e. The van der Waals surface area contributed by atoms with Crippen molar-refractivity contribution < 1.29 is 27.7 Å². The molecular formula is C39H43ClN4O7S. The van der Waals surface area contributed by atoms with Gasteiger partial charge in [0.25, 0.3) is 15.7 Å². The average molecular weight is 747 g/mol. The van der Waals surface area contributed by atoms with Gasteiger partial charge < -0.3 is 15.0 Å². The molecule has 4 aromatic carbocycles. The summed E-state index contributed by atoms with van der Waals surface area (Å²) in [7, 11) is -3.32. The average Bonchev–Trinajstić information content (AvgIpc) is 3.12. The molecule has 1 atom stereocenters. The molecule has 274 valence electrons. The van der Waals surface area contributed by atoms with E-state index in [1.807, 2.05) is 61.5 Å². The van der Waals surface area contributed by atoms with Gasteiger partial charge in [0.15, 0.2) is 0 Å². The fourth-order valence-electron chi connectivity index (χ4n) is 6.55. The SMILES string of the molecule is COc1ccc(Cl)cc1N(CC(=O)N(Cc1cccc(C)c1)C(Cc1ccccc1)C(=O)NC1CCCCC1)S(=O)(=O)c1ccc(C)c([N+](=O)[O-])c1. The zero-order chi connectivity index (χ0) is 37.4. The molecule has 1 saturated carbocycles. The first-order chi connectivity index (χ1) is 24.9. The van der Waals surface area contributed by atoms with Crippen molar-refractivity contribution in [3.8, 4) is 5.75 Å². The molecule has 0 aromatic heterocycles. The van der Waals surface area contributed by atoms with Crippen molar-refractivity contribution in [2.24, 2.45) is 0 Å². The van der Waals surface area contributed by atoms with Gasteiger partial charge in [-0.3, -0.25) is 24.0 Å². The predicted molar refractivity (Wildman–Crippen MR) is 201 cm³/mol. The van der Waals surface area contributed by atoms with Crippen LogP contribution in [0, 0.1) is 24.0 Å². The number of ether oxygens (including phenoxy) is 1. The summed E-state index contributed by atoms with van der Waals surface area (Å²) in [4.78, 5) is 41.4. The number of halogens is 1. The quantitative estimate of drug-likeness (QED) is 0.107. The van der Waals surface area contributed by atoms with E-state index in [1.54, 1.807) is 0 Å². The van der Waals surface area contributed by atoms with Gasteiger partial charge in [0.2, 0.25) is 11.8 Å². The lowest BCUT2D eigenvalue weighted by atomic mass is 9.94. The van der Waals surface area contributed by atoms with Gasteiger partial charge in [-0.2, -0.15) is 0 Å². The normalized spacial score (nSPS) is 13.9. The molecule has 11 nitrogen and oxygen atoms in total. The number of sulfonamides is 1. The van der Waals surface area contributed by atoms with Crippen LogP contribution in [0.4, 0.5) is 11.4 Å². The minimum atomic E-state index is -4.67. The van der Waals surface area contributed by atoms with Gasteiger partial charge in [-0.25, -0.2) is 8.42 Å². The van der Waals surface area contributed by atoms with Crippen molar-refractivity contribution in [2.45, 2.75) is 75.9 Å². The van der Waals surface area contributed by atoms with E-state index in [-0.39, 0.29) is 46.9 Å². The van der Waals surface area contributed by atoms with E-state index in [2.05, 4.69) is 5.32 Å². The number of carbonyl (C=O) groups excluding carboxylic acids is 2. The Morgan fingerprint density at radius 1 is 0.942 bits per heavy atom. The van der Waals surface area contributed by atoms with Crippen LogP contribution in [-0.2, 0) is 32.6 Å². The second-order valence-corrected chi connectivity index (χ2v) is 15.4. The molecule has 1 fully saturated rings. The van der Waals surface area contributed by atoms with Gasteiger partial charge in [0.1, 0.15) is 18.3 Å². The molecule has 1 unspecified atom stereocenters. The van der Waals surface area contributed by atoms with E-state index in [1.165, 1.54) is 49.3 Å². The van der Waals surface area contributed by atoms with Crippen LogP contribution in [0.25, 0.3) is 0 Å². The zero-order valence-electron chi connectivity index (χ0n) is 29.5. The van der Waals surface area contributed by atoms with Crippen molar-refractivity contribution in [3.63, 3.8) is 0 Å². The van der Waals surface area contributed by atoms with Crippen LogP contribution in [0.15, 0.2) is 95.9 Å².